The molecule has 1 heterocycles. The van der Waals surface area contributed by atoms with Crippen molar-refractivity contribution in [2.24, 2.45) is 0 Å². The van der Waals surface area contributed by atoms with Gasteiger partial charge in [-0.05, 0) is 36.4 Å². The SMILES string of the molecule is CN(C)c1ccc(NC(=O)c2cccc(Cl)n2)cc1. The Morgan fingerprint density at radius 1 is 1.16 bits per heavy atom. The minimum atomic E-state index is -0.278. The minimum Gasteiger partial charge on any atom is -0.378 e. The minimum absolute atomic E-state index is 0.278. The second-order valence-electron chi connectivity index (χ2n) is 4.24. The molecule has 1 aromatic heterocycles. The molecule has 1 amide bonds. The zero-order valence-corrected chi connectivity index (χ0v) is 11.5. The van der Waals surface area contributed by atoms with Crippen molar-refractivity contribution in [1.82, 2.24) is 4.98 Å². The predicted molar refractivity (Wildman–Crippen MR) is 78.0 cm³/mol. The van der Waals surface area contributed by atoms with Gasteiger partial charge in [-0.1, -0.05) is 17.7 Å². The zero-order chi connectivity index (χ0) is 13.8. The van der Waals surface area contributed by atoms with Gasteiger partial charge in [0.2, 0.25) is 0 Å². The number of carbonyl (C=O) groups is 1. The number of hydrogen-bond acceptors (Lipinski definition) is 3. The van der Waals surface area contributed by atoms with Crippen LogP contribution in [0.5, 0.6) is 0 Å². The summed E-state index contributed by atoms with van der Waals surface area (Å²) in [6.45, 7) is 0. The topological polar surface area (TPSA) is 45.2 Å². The van der Waals surface area contributed by atoms with Gasteiger partial charge in [0.15, 0.2) is 0 Å². The first-order chi connectivity index (χ1) is 9.06. The molecule has 2 rings (SSSR count). The van der Waals surface area contributed by atoms with Crippen molar-refractivity contribution in [3.8, 4) is 0 Å². The fraction of sp³-hybridized carbons (Fsp3) is 0.143. The number of benzene rings is 1. The second-order valence-corrected chi connectivity index (χ2v) is 4.63. The highest BCUT2D eigenvalue weighted by Crippen LogP contribution is 2.16. The molecule has 0 bridgehead atoms. The Bertz CT molecular complexity index is 581. The smallest absolute Gasteiger partial charge is 0.274 e. The lowest BCUT2D eigenvalue weighted by atomic mass is 10.2. The fourth-order valence-corrected chi connectivity index (χ4v) is 1.74. The van der Waals surface area contributed by atoms with Gasteiger partial charge >= 0.3 is 0 Å². The number of carbonyl (C=O) groups excluding carboxylic acids is 1. The number of nitrogens with one attached hydrogen (secondary N) is 1. The highest BCUT2D eigenvalue weighted by Gasteiger charge is 2.08. The van der Waals surface area contributed by atoms with E-state index in [4.69, 9.17) is 11.6 Å². The molecular weight excluding hydrogens is 262 g/mol. The summed E-state index contributed by atoms with van der Waals surface area (Å²) in [6.07, 6.45) is 0. The van der Waals surface area contributed by atoms with Gasteiger partial charge in [0.25, 0.3) is 5.91 Å². The van der Waals surface area contributed by atoms with Gasteiger partial charge in [-0.2, -0.15) is 0 Å². The largest absolute Gasteiger partial charge is 0.378 e. The third-order valence-electron chi connectivity index (χ3n) is 2.59. The fourth-order valence-electron chi connectivity index (χ4n) is 1.57. The van der Waals surface area contributed by atoms with Crippen LogP contribution in [0.3, 0.4) is 0 Å². The lowest BCUT2D eigenvalue weighted by Gasteiger charge is -2.13. The van der Waals surface area contributed by atoms with E-state index in [9.17, 15) is 4.79 Å². The molecule has 1 aromatic carbocycles. The van der Waals surface area contributed by atoms with Crippen molar-refractivity contribution in [2.45, 2.75) is 0 Å². The van der Waals surface area contributed by atoms with E-state index in [-0.39, 0.29) is 5.91 Å². The summed E-state index contributed by atoms with van der Waals surface area (Å²) in [6, 6.07) is 12.5. The van der Waals surface area contributed by atoms with Gasteiger partial charge in [-0.15, -0.1) is 0 Å². The summed E-state index contributed by atoms with van der Waals surface area (Å²) in [4.78, 5) is 17.9. The Kier molecular flexibility index (Phi) is 4.02. The first-order valence-corrected chi connectivity index (χ1v) is 6.15. The highest BCUT2D eigenvalue weighted by molar-refractivity contribution is 6.29. The van der Waals surface area contributed by atoms with Crippen LogP contribution in [-0.4, -0.2) is 25.0 Å². The summed E-state index contributed by atoms with van der Waals surface area (Å²) in [5, 5.41) is 3.07. The van der Waals surface area contributed by atoms with Gasteiger partial charge in [-0.25, -0.2) is 4.98 Å². The molecule has 98 valence electrons. The van der Waals surface area contributed by atoms with Crippen LogP contribution in [0.4, 0.5) is 11.4 Å². The van der Waals surface area contributed by atoms with E-state index in [1.54, 1.807) is 18.2 Å². The van der Waals surface area contributed by atoms with Crippen molar-refractivity contribution in [3.05, 3.63) is 53.3 Å². The van der Waals surface area contributed by atoms with Gasteiger partial charge in [0.1, 0.15) is 10.8 Å². The predicted octanol–water partition coefficient (Wildman–Crippen LogP) is 3.05. The molecule has 19 heavy (non-hydrogen) atoms. The summed E-state index contributed by atoms with van der Waals surface area (Å²) in [5.74, 6) is -0.278. The van der Waals surface area contributed by atoms with Crippen molar-refractivity contribution in [1.29, 1.82) is 0 Å². The Labute approximate surface area is 117 Å². The van der Waals surface area contributed by atoms with E-state index in [2.05, 4.69) is 10.3 Å². The summed E-state index contributed by atoms with van der Waals surface area (Å²) in [5.41, 5.74) is 2.08. The summed E-state index contributed by atoms with van der Waals surface area (Å²) < 4.78 is 0. The maximum atomic E-state index is 11.9. The molecule has 0 radical (unpaired) electrons. The van der Waals surface area contributed by atoms with Crippen LogP contribution in [0, 0.1) is 0 Å². The van der Waals surface area contributed by atoms with Crippen molar-refractivity contribution >= 4 is 28.9 Å². The van der Waals surface area contributed by atoms with Crippen LogP contribution >= 0.6 is 11.6 Å². The number of halogens is 1. The lowest BCUT2D eigenvalue weighted by molar-refractivity contribution is 0.102. The van der Waals surface area contributed by atoms with Gasteiger partial charge in [0.05, 0.1) is 0 Å². The molecule has 0 spiro atoms. The monoisotopic (exact) mass is 275 g/mol. The molecule has 0 aliphatic heterocycles. The third-order valence-corrected chi connectivity index (χ3v) is 2.80. The average molecular weight is 276 g/mol. The average Bonchev–Trinajstić information content (AvgIpc) is 2.39. The van der Waals surface area contributed by atoms with E-state index in [0.717, 1.165) is 11.4 Å². The summed E-state index contributed by atoms with van der Waals surface area (Å²) in [7, 11) is 3.92. The lowest BCUT2D eigenvalue weighted by Crippen LogP contribution is -2.14. The number of aromatic nitrogens is 1. The molecule has 0 aliphatic carbocycles. The Hall–Kier alpha value is -2.07. The normalized spacial score (nSPS) is 10.1. The van der Waals surface area contributed by atoms with Gasteiger partial charge < -0.3 is 10.2 Å². The molecule has 2 aromatic rings. The van der Waals surface area contributed by atoms with Gasteiger partial charge in [-0.3, -0.25) is 4.79 Å². The maximum Gasteiger partial charge on any atom is 0.274 e. The number of anilines is 2. The number of rotatable bonds is 3. The Balaban J connectivity index is 2.10. The Morgan fingerprint density at radius 2 is 1.84 bits per heavy atom. The Morgan fingerprint density at radius 3 is 2.42 bits per heavy atom. The number of hydrogen-bond donors (Lipinski definition) is 1. The molecular formula is C14H14ClN3O. The van der Waals surface area contributed by atoms with Crippen LogP contribution in [-0.2, 0) is 0 Å². The van der Waals surface area contributed by atoms with Crippen molar-refractivity contribution < 1.29 is 4.79 Å². The van der Waals surface area contributed by atoms with E-state index in [1.807, 2.05) is 43.3 Å². The van der Waals surface area contributed by atoms with Crippen LogP contribution in [0.1, 0.15) is 10.5 Å². The molecule has 0 fully saturated rings. The zero-order valence-electron chi connectivity index (χ0n) is 10.7. The quantitative estimate of drug-likeness (QED) is 0.876. The highest BCUT2D eigenvalue weighted by atomic mass is 35.5. The third kappa shape index (κ3) is 3.45. The summed E-state index contributed by atoms with van der Waals surface area (Å²) >= 11 is 5.75. The first kappa shape index (κ1) is 13.4. The van der Waals surface area contributed by atoms with E-state index in [0.29, 0.717) is 10.8 Å². The molecule has 4 nitrogen and oxygen atoms in total. The molecule has 0 unspecified atom stereocenters. The number of amides is 1. The second kappa shape index (κ2) is 5.71. The molecule has 1 N–H and O–H groups in total. The molecule has 0 atom stereocenters. The standard InChI is InChI=1S/C14H14ClN3O/c1-18(2)11-8-6-10(7-9-11)16-14(19)12-4-3-5-13(15)17-12/h3-9H,1-2H3,(H,16,19). The van der Waals surface area contributed by atoms with Crippen molar-refractivity contribution in [2.75, 3.05) is 24.3 Å². The molecule has 5 heteroatoms. The maximum absolute atomic E-state index is 11.9. The van der Waals surface area contributed by atoms with E-state index < -0.39 is 0 Å². The van der Waals surface area contributed by atoms with Crippen molar-refractivity contribution in [3.63, 3.8) is 0 Å². The van der Waals surface area contributed by atoms with Crippen LogP contribution in [0.2, 0.25) is 5.15 Å². The molecule has 0 aliphatic rings. The van der Waals surface area contributed by atoms with Crippen LogP contribution < -0.4 is 10.2 Å². The molecule has 0 saturated carbocycles. The number of pyridine rings is 1. The van der Waals surface area contributed by atoms with Crippen LogP contribution in [0.15, 0.2) is 42.5 Å². The van der Waals surface area contributed by atoms with E-state index in [1.165, 1.54) is 0 Å². The van der Waals surface area contributed by atoms with E-state index >= 15 is 0 Å². The van der Waals surface area contributed by atoms with Crippen LogP contribution in [0.25, 0.3) is 0 Å². The first-order valence-electron chi connectivity index (χ1n) is 5.77. The molecule has 0 saturated heterocycles. The van der Waals surface area contributed by atoms with Gasteiger partial charge in [0, 0.05) is 25.5 Å². The number of nitrogens with zero attached hydrogens (tertiary/aromatic N) is 2.